The van der Waals surface area contributed by atoms with Gasteiger partial charge in [-0.15, -0.1) is 0 Å². The van der Waals surface area contributed by atoms with Gasteiger partial charge in [0.15, 0.2) is 0 Å². The van der Waals surface area contributed by atoms with Gasteiger partial charge >= 0.3 is 0 Å². The number of nitrogens with zero attached hydrogens (tertiary/aromatic N) is 2. The van der Waals surface area contributed by atoms with E-state index in [0.717, 1.165) is 29.4 Å². The van der Waals surface area contributed by atoms with Crippen molar-refractivity contribution in [3.05, 3.63) is 36.2 Å². The largest absolute Gasteiger partial charge is 0.324 e. The first-order valence-electron chi connectivity index (χ1n) is 5.27. The van der Waals surface area contributed by atoms with Crippen LogP contribution in [0.25, 0.3) is 11.0 Å². The summed E-state index contributed by atoms with van der Waals surface area (Å²) in [6, 6.07) is 6.16. The van der Waals surface area contributed by atoms with Crippen LogP contribution in [-0.2, 0) is 0 Å². The number of aromatic nitrogens is 2. The minimum Gasteiger partial charge on any atom is -0.324 e. The van der Waals surface area contributed by atoms with E-state index < -0.39 is 0 Å². The van der Waals surface area contributed by atoms with Gasteiger partial charge in [0.25, 0.3) is 0 Å². The topological polar surface area (TPSA) is 51.8 Å². The molecule has 0 spiro atoms. The lowest BCUT2D eigenvalue weighted by Gasteiger charge is -2.10. The molecular formula is C12H15N3. The van der Waals surface area contributed by atoms with Crippen LogP contribution in [-0.4, -0.2) is 9.97 Å². The molecule has 0 bridgehead atoms. The van der Waals surface area contributed by atoms with Crippen molar-refractivity contribution in [3.8, 4) is 0 Å². The fraction of sp³-hybridized carbons (Fsp3) is 0.333. The Bertz CT molecular complexity index is 453. The second kappa shape index (κ2) is 4.36. The Balaban J connectivity index is 2.38. The Hall–Kier alpha value is -1.48. The van der Waals surface area contributed by atoms with Crippen LogP contribution in [0.5, 0.6) is 0 Å². The van der Waals surface area contributed by atoms with E-state index >= 15 is 0 Å². The van der Waals surface area contributed by atoms with E-state index in [1.54, 1.807) is 12.4 Å². The zero-order chi connectivity index (χ0) is 10.7. The van der Waals surface area contributed by atoms with Crippen LogP contribution in [0, 0.1) is 0 Å². The Morgan fingerprint density at radius 1 is 1.20 bits per heavy atom. The maximum Gasteiger partial charge on any atom is 0.0890 e. The lowest BCUT2D eigenvalue weighted by atomic mass is 10.0. The summed E-state index contributed by atoms with van der Waals surface area (Å²) in [5, 5.41) is 0. The third-order valence-electron chi connectivity index (χ3n) is 2.52. The van der Waals surface area contributed by atoms with Crippen molar-refractivity contribution in [1.82, 2.24) is 9.97 Å². The molecule has 78 valence electrons. The molecule has 1 heterocycles. The number of nitrogens with two attached hydrogens (primary N) is 1. The third-order valence-corrected chi connectivity index (χ3v) is 2.52. The van der Waals surface area contributed by atoms with Gasteiger partial charge < -0.3 is 5.73 Å². The van der Waals surface area contributed by atoms with Gasteiger partial charge in [-0.2, -0.15) is 0 Å². The Morgan fingerprint density at radius 2 is 1.93 bits per heavy atom. The molecule has 0 saturated carbocycles. The van der Waals surface area contributed by atoms with Crippen molar-refractivity contribution < 1.29 is 0 Å². The first-order valence-corrected chi connectivity index (χ1v) is 5.27. The summed E-state index contributed by atoms with van der Waals surface area (Å²) < 4.78 is 0. The van der Waals surface area contributed by atoms with E-state index in [9.17, 15) is 0 Å². The number of hydrogen-bond donors (Lipinski definition) is 1. The molecular weight excluding hydrogens is 186 g/mol. The van der Waals surface area contributed by atoms with Gasteiger partial charge in [-0.1, -0.05) is 19.4 Å². The molecule has 0 aliphatic heterocycles. The van der Waals surface area contributed by atoms with Gasteiger partial charge in [-0.3, -0.25) is 9.97 Å². The average molecular weight is 201 g/mol. The van der Waals surface area contributed by atoms with Crippen LogP contribution in [0.3, 0.4) is 0 Å². The molecule has 1 atom stereocenters. The monoisotopic (exact) mass is 201 g/mol. The zero-order valence-corrected chi connectivity index (χ0v) is 8.85. The van der Waals surface area contributed by atoms with E-state index in [4.69, 9.17) is 5.73 Å². The maximum absolute atomic E-state index is 6.05. The van der Waals surface area contributed by atoms with Crippen molar-refractivity contribution in [1.29, 1.82) is 0 Å². The summed E-state index contributed by atoms with van der Waals surface area (Å²) in [5.74, 6) is 0. The molecule has 0 amide bonds. The van der Waals surface area contributed by atoms with Gasteiger partial charge in [-0.25, -0.2) is 0 Å². The Labute approximate surface area is 89.4 Å². The fourth-order valence-corrected chi connectivity index (χ4v) is 1.69. The molecule has 2 rings (SSSR count). The fourth-order valence-electron chi connectivity index (χ4n) is 1.69. The minimum atomic E-state index is 0.112. The van der Waals surface area contributed by atoms with Crippen LogP contribution in [0.4, 0.5) is 0 Å². The van der Waals surface area contributed by atoms with E-state index in [-0.39, 0.29) is 6.04 Å². The SMILES string of the molecule is CCC[C@H](N)c1ccc2nccnc2c1. The van der Waals surface area contributed by atoms with Gasteiger partial charge in [0.1, 0.15) is 0 Å². The molecule has 0 aliphatic carbocycles. The van der Waals surface area contributed by atoms with Crippen molar-refractivity contribution in [2.24, 2.45) is 5.73 Å². The van der Waals surface area contributed by atoms with Crippen molar-refractivity contribution >= 4 is 11.0 Å². The van der Waals surface area contributed by atoms with Crippen LogP contribution in [0.2, 0.25) is 0 Å². The third kappa shape index (κ3) is 2.13. The molecule has 0 unspecified atom stereocenters. The first kappa shape index (κ1) is 10.1. The number of hydrogen-bond acceptors (Lipinski definition) is 3. The lowest BCUT2D eigenvalue weighted by Crippen LogP contribution is -2.09. The molecule has 0 fully saturated rings. The smallest absolute Gasteiger partial charge is 0.0890 e. The van der Waals surface area contributed by atoms with Crippen LogP contribution >= 0.6 is 0 Å². The highest BCUT2D eigenvalue weighted by molar-refractivity contribution is 5.74. The molecule has 0 saturated heterocycles. The maximum atomic E-state index is 6.05. The normalized spacial score (nSPS) is 12.9. The quantitative estimate of drug-likeness (QED) is 0.829. The van der Waals surface area contributed by atoms with E-state index in [2.05, 4.69) is 16.9 Å². The summed E-state index contributed by atoms with van der Waals surface area (Å²) in [7, 11) is 0. The number of rotatable bonds is 3. The highest BCUT2D eigenvalue weighted by Gasteiger charge is 2.05. The van der Waals surface area contributed by atoms with Gasteiger partial charge in [-0.05, 0) is 24.1 Å². The van der Waals surface area contributed by atoms with Crippen molar-refractivity contribution in [3.63, 3.8) is 0 Å². The summed E-state index contributed by atoms with van der Waals surface area (Å²) in [5.41, 5.74) is 9.03. The van der Waals surface area contributed by atoms with Crippen LogP contribution in [0.15, 0.2) is 30.6 Å². The molecule has 15 heavy (non-hydrogen) atoms. The molecule has 1 aromatic carbocycles. The van der Waals surface area contributed by atoms with E-state index in [1.165, 1.54) is 0 Å². The zero-order valence-electron chi connectivity index (χ0n) is 8.85. The Morgan fingerprint density at radius 3 is 2.67 bits per heavy atom. The first-order chi connectivity index (χ1) is 7.31. The second-order valence-corrected chi connectivity index (χ2v) is 3.70. The van der Waals surface area contributed by atoms with Crippen molar-refractivity contribution in [2.75, 3.05) is 0 Å². The minimum absolute atomic E-state index is 0.112. The second-order valence-electron chi connectivity index (χ2n) is 3.70. The van der Waals surface area contributed by atoms with Gasteiger partial charge in [0.2, 0.25) is 0 Å². The highest BCUT2D eigenvalue weighted by Crippen LogP contribution is 2.19. The lowest BCUT2D eigenvalue weighted by molar-refractivity contribution is 0.639. The molecule has 0 aliphatic rings. The standard InChI is InChI=1S/C12H15N3/c1-2-3-10(13)9-4-5-11-12(8-9)15-7-6-14-11/h4-8,10H,2-3,13H2,1H3/t10-/m0/s1. The summed E-state index contributed by atoms with van der Waals surface area (Å²) >= 11 is 0. The summed E-state index contributed by atoms with van der Waals surface area (Å²) in [6.45, 7) is 2.14. The predicted octanol–water partition coefficient (Wildman–Crippen LogP) is 2.43. The molecule has 2 aromatic rings. The van der Waals surface area contributed by atoms with E-state index in [1.807, 2.05) is 18.2 Å². The molecule has 0 radical (unpaired) electrons. The van der Waals surface area contributed by atoms with Gasteiger partial charge in [0, 0.05) is 18.4 Å². The summed E-state index contributed by atoms with van der Waals surface area (Å²) in [4.78, 5) is 8.49. The van der Waals surface area contributed by atoms with Crippen LogP contribution < -0.4 is 5.73 Å². The van der Waals surface area contributed by atoms with Crippen LogP contribution in [0.1, 0.15) is 31.4 Å². The molecule has 3 nitrogen and oxygen atoms in total. The average Bonchev–Trinajstić information content (AvgIpc) is 2.29. The molecule has 3 heteroatoms. The molecule has 1 aromatic heterocycles. The predicted molar refractivity (Wildman–Crippen MR) is 61.4 cm³/mol. The summed E-state index contributed by atoms with van der Waals surface area (Å²) in [6.07, 6.45) is 5.51. The van der Waals surface area contributed by atoms with E-state index in [0.29, 0.717) is 0 Å². The van der Waals surface area contributed by atoms with Crippen molar-refractivity contribution in [2.45, 2.75) is 25.8 Å². The number of fused-ring (bicyclic) bond motifs is 1. The Kier molecular flexibility index (Phi) is 2.92. The highest BCUT2D eigenvalue weighted by atomic mass is 14.8. The molecule has 2 N–H and O–H groups in total. The van der Waals surface area contributed by atoms with Gasteiger partial charge in [0.05, 0.1) is 11.0 Å². The number of benzene rings is 1.